The van der Waals surface area contributed by atoms with Gasteiger partial charge in [-0.2, -0.15) is 5.10 Å². The highest BCUT2D eigenvalue weighted by Gasteiger charge is 2.38. The van der Waals surface area contributed by atoms with Crippen molar-refractivity contribution in [3.05, 3.63) is 30.5 Å². The summed E-state index contributed by atoms with van der Waals surface area (Å²) < 4.78 is 2.24. The van der Waals surface area contributed by atoms with Gasteiger partial charge in [-0.05, 0) is 56.2 Å². The summed E-state index contributed by atoms with van der Waals surface area (Å²) in [5, 5.41) is 9.39. The van der Waals surface area contributed by atoms with Gasteiger partial charge in [-0.3, -0.25) is 4.68 Å². The Morgan fingerprint density at radius 2 is 2.21 bits per heavy atom. The maximum atomic E-state index is 4.62. The fraction of sp³-hybridized carbons (Fsp3) is 0.562. The summed E-state index contributed by atoms with van der Waals surface area (Å²) >= 11 is 0. The summed E-state index contributed by atoms with van der Waals surface area (Å²) in [5.41, 5.74) is 1.85. The van der Waals surface area contributed by atoms with Crippen LogP contribution in [0.4, 0.5) is 0 Å². The van der Waals surface area contributed by atoms with E-state index in [0.29, 0.717) is 11.5 Å². The van der Waals surface area contributed by atoms with Crippen molar-refractivity contribution in [3.8, 4) is 0 Å². The third-order valence-electron chi connectivity index (χ3n) is 5.14. The summed E-state index contributed by atoms with van der Waals surface area (Å²) in [4.78, 5) is 0. The number of hydrogen-bond donors (Lipinski definition) is 1. The van der Waals surface area contributed by atoms with Crippen molar-refractivity contribution < 1.29 is 0 Å². The molecular formula is C16H20N3. The molecule has 2 aliphatic rings. The van der Waals surface area contributed by atoms with Crippen LogP contribution in [0.1, 0.15) is 38.1 Å². The van der Waals surface area contributed by atoms with E-state index in [1.54, 1.807) is 0 Å². The number of aromatic nitrogens is 2. The Labute approximate surface area is 114 Å². The van der Waals surface area contributed by atoms with Gasteiger partial charge < -0.3 is 5.32 Å². The molecule has 19 heavy (non-hydrogen) atoms. The molecule has 1 saturated heterocycles. The summed E-state index contributed by atoms with van der Waals surface area (Å²) in [5.74, 6) is 0. The van der Waals surface area contributed by atoms with E-state index in [2.05, 4.69) is 33.3 Å². The summed E-state index contributed by atoms with van der Waals surface area (Å²) in [6.45, 7) is 2.44. The normalized spacial score (nSPS) is 31.3. The average molecular weight is 254 g/mol. The van der Waals surface area contributed by atoms with E-state index < -0.39 is 0 Å². The lowest BCUT2D eigenvalue weighted by molar-refractivity contribution is 0.168. The van der Waals surface area contributed by atoms with Crippen LogP contribution >= 0.6 is 0 Å². The number of nitrogens with zero attached hydrogens (tertiary/aromatic N) is 2. The van der Waals surface area contributed by atoms with E-state index in [9.17, 15) is 0 Å². The Morgan fingerprint density at radius 1 is 1.32 bits per heavy atom. The van der Waals surface area contributed by atoms with E-state index in [0.717, 1.165) is 0 Å². The highest BCUT2D eigenvalue weighted by atomic mass is 15.3. The molecule has 2 heterocycles. The zero-order valence-corrected chi connectivity index (χ0v) is 11.2. The van der Waals surface area contributed by atoms with Crippen molar-refractivity contribution in [3.63, 3.8) is 0 Å². The van der Waals surface area contributed by atoms with Crippen LogP contribution < -0.4 is 5.32 Å². The van der Waals surface area contributed by atoms with Gasteiger partial charge in [0.25, 0.3) is 0 Å². The number of fused-ring (bicyclic) bond motifs is 1. The molecule has 1 spiro atoms. The first kappa shape index (κ1) is 11.5. The molecule has 1 aromatic carbocycles. The van der Waals surface area contributed by atoms with Gasteiger partial charge in [0.15, 0.2) is 0 Å². The predicted molar refractivity (Wildman–Crippen MR) is 76.0 cm³/mol. The van der Waals surface area contributed by atoms with Gasteiger partial charge in [0.05, 0.1) is 17.8 Å². The van der Waals surface area contributed by atoms with E-state index in [1.807, 2.05) is 12.3 Å². The van der Waals surface area contributed by atoms with E-state index in [4.69, 9.17) is 0 Å². The van der Waals surface area contributed by atoms with Crippen LogP contribution in [0.3, 0.4) is 0 Å². The number of rotatable bonds is 1. The number of benzene rings is 1. The van der Waals surface area contributed by atoms with Crippen LogP contribution in [0, 0.1) is 11.5 Å². The second-order valence-electron chi connectivity index (χ2n) is 6.23. The second-order valence-corrected chi connectivity index (χ2v) is 6.23. The highest BCUT2D eigenvalue weighted by Crippen LogP contribution is 2.44. The van der Waals surface area contributed by atoms with Gasteiger partial charge >= 0.3 is 0 Å². The molecule has 1 radical (unpaired) electrons. The van der Waals surface area contributed by atoms with Crippen LogP contribution in [0.15, 0.2) is 24.4 Å². The largest absolute Gasteiger partial charge is 0.316 e. The molecule has 2 aromatic rings. The molecule has 3 nitrogen and oxygen atoms in total. The molecule has 0 atom stereocenters. The SMILES string of the molecule is [c]1ccc2cnn(C3CCC4(CCNC4)CC3)c2c1. The zero-order valence-electron chi connectivity index (χ0n) is 11.2. The predicted octanol–water partition coefficient (Wildman–Crippen LogP) is 2.93. The Kier molecular flexibility index (Phi) is 2.62. The van der Waals surface area contributed by atoms with Crippen LogP contribution in [-0.4, -0.2) is 22.9 Å². The summed E-state index contributed by atoms with van der Waals surface area (Å²) in [6, 6.07) is 9.90. The minimum atomic E-state index is 0.583. The molecule has 2 fully saturated rings. The molecule has 0 unspecified atom stereocenters. The Morgan fingerprint density at radius 3 is 3.00 bits per heavy atom. The molecule has 0 amide bonds. The summed E-state index contributed by atoms with van der Waals surface area (Å²) in [7, 11) is 0. The Hall–Kier alpha value is -1.35. The van der Waals surface area contributed by atoms with Crippen molar-refractivity contribution in [2.24, 2.45) is 5.41 Å². The van der Waals surface area contributed by atoms with Gasteiger partial charge in [-0.1, -0.05) is 12.1 Å². The van der Waals surface area contributed by atoms with Gasteiger partial charge in [-0.15, -0.1) is 0 Å². The molecule has 1 saturated carbocycles. The van der Waals surface area contributed by atoms with Gasteiger partial charge in [0.1, 0.15) is 0 Å². The van der Waals surface area contributed by atoms with E-state index in [1.165, 1.54) is 56.1 Å². The lowest BCUT2D eigenvalue weighted by Crippen LogP contribution is -2.30. The lowest BCUT2D eigenvalue weighted by Gasteiger charge is -2.36. The lowest BCUT2D eigenvalue weighted by atomic mass is 9.72. The first-order valence-electron chi connectivity index (χ1n) is 7.40. The maximum Gasteiger partial charge on any atom is 0.0691 e. The molecule has 1 N–H and O–H groups in total. The topological polar surface area (TPSA) is 29.9 Å². The first-order chi connectivity index (χ1) is 9.36. The third kappa shape index (κ3) is 1.88. The fourth-order valence-electron chi connectivity index (χ4n) is 3.90. The molecular weight excluding hydrogens is 234 g/mol. The molecule has 4 rings (SSSR count). The van der Waals surface area contributed by atoms with Crippen molar-refractivity contribution in [1.82, 2.24) is 15.1 Å². The first-order valence-corrected chi connectivity index (χ1v) is 7.40. The highest BCUT2D eigenvalue weighted by molar-refractivity contribution is 5.78. The second kappa shape index (κ2) is 4.34. The van der Waals surface area contributed by atoms with Crippen molar-refractivity contribution >= 4 is 10.9 Å². The molecule has 99 valence electrons. The van der Waals surface area contributed by atoms with Gasteiger partial charge in [0, 0.05) is 11.9 Å². The maximum absolute atomic E-state index is 4.62. The third-order valence-corrected chi connectivity index (χ3v) is 5.14. The zero-order chi connectivity index (χ0) is 12.7. The Bertz CT molecular complexity index is 570. The smallest absolute Gasteiger partial charge is 0.0691 e. The van der Waals surface area contributed by atoms with Crippen molar-refractivity contribution in [2.75, 3.05) is 13.1 Å². The fourth-order valence-corrected chi connectivity index (χ4v) is 3.90. The molecule has 3 heteroatoms. The van der Waals surface area contributed by atoms with Crippen molar-refractivity contribution in [2.45, 2.75) is 38.1 Å². The standard InChI is InChI=1S/C16H20N3/c1-2-4-15-13(3-1)11-18-19(15)14-5-7-16(8-6-14)9-10-17-12-16/h1,3-4,11,14,17H,5-10,12H2. The van der Waals surface area contributed by atoms with Crippen LogP contribution in [0.5, 0.6) is 0 Å². The monoisotopic (exact) mass is 254 g/mol. The van der Waals surface area contributed by atoms with Crippen molar-refractivity contribution in [1.29, 1.82) is 0 Å². The van der Waals surface area contributed by atoms with Gasteiger partial charge in [-0.25, -0.2) is 0 Å². The molecule has 1 aromatic heterocycles. The minimum Gasteiger partial charge on any atom is -0.316 e. The van der Waals surface area contributed by atoms with Crippen LogP contribution in [-0.2, 0) is 0 Å². The van der Waals surface area contributed by atoms with E-state index in [-0.39, 0.29) is 0 Å². The number of hydrogen-bond acceptors (Lipinski definition) is 2. The van der Waals surface area contributed by atoms with Crippen LogP contribution in [0.2, 0.25) is 0 Å². The minimum absolute atomic E-state index is 0.583. The van der Waals surface area contributed by atoms with E-state index >= 15 is 0 Å². The molecule has 0 bridgehead atoms. The van der Waals surface area contributed by atoms with Crippen LogP contribution in [0.25, 0.3) is 10.9 Å². The molecule has 1 aliphatic heterocycles. The number of nitrogens with one attached hydrogen (secondary N) is 1. The quantitative estimate of drug-likeness (QED) is 0.848. The average Bonchev–Trinajstić information content (AvgIpc) is 3.08. The molecule has 1 aliphatic carbocycles. The summed E-state index contributed by atoms with van der Waals surface area (Å²) in [6.07, 6.45) is 8.60. The van der Waals surface area contributed by atoms with Gasteiger partial charge in [0.2, 0.25) is 0 Å². The Balaban J connectivity index is 1.58.